The lowest BCUT2D eigenvalue weighted by Crippen LogP contribution is -2.50. The average Bonchev–Trinajstić information content (AvgIpc) is 3.02. The number of carbonyl (C=O) groups is 4. The molecule has 0 saturated carbocycles. The molecule has 1 aromatic rings. The molecule has 1 saturated heterocycles. The largest absolute Gasteiger partial charge is 0.552 e. The van der Waals surface area contributed by atoms with Crippen LogP contribution < -0.4 is 10.6 Å². The quantitative estimate of drug-likeness (QED) is 0.307. The van der Waals surface area contributed by atoms with Crippen LogP contribution in [0.5, 0.6) is 0 Å². The predicted molar refractivity (Wildman–Crippen MR) is 121 cm³/mol. The first kappa shape index (κ1) is 26.8. The summed E-state index contributed by atoms with van der Waals surface area (Å²) in [5.74, 6) is -4.40. The van der Waals surface area contributed by atoms with E-state index in [-0.39, 0.29) is 12.5 Å². The molecule has 0 bridgehead atoms. The van der Waals surface area contributed by atoms with Gasteiger partial charge in [-0.3, -0.25) is 19.2 Å². The van der Waals surface area contributed by atoms with Gasteiger partial charge in [-0.25, -0.2) is 0 Å². The summed E-state index contributed by atoms with van der Waals surface area (Å²) in [6, 6.07) is 4.76. The van der Waals surface area contributed by atoms with Crippen molar-refractivity contribution in [1.29, 1.82) is 0 Å². The van der Waals surface area contributed by atoms with Gasteiger partial charge in [0.2, 0.25) is 5.91 Å². The third-order valence-electron chi connectivity index (χ3n) is 4.80. The van der Waals surface area contributed by atoms with Crippen LogP contribution in [0.4, 0.5) is 5.69 Å². The summed E-state index contributed by atoms with van der Waals surface area (Å²) >= 11 is 12.0. The summed E-state index contributed by atoms with van der Waals surface area (Å²) in [4.78, 5) is 48.3. The number of nitrogens with one attached hydrogen (secondary N) is 2. The number of carboxylic acids is 1. The van der Waals surface area contributed by atoms with Gasteiger partial charge in [-0.2, -0.15) is 0 Å². The maximum absolute atomic E-state index is 12.6. The smallest absolute Gasteiger partial charge is 0.506 e. The summed E-state index contributed by atoms with van der Waals surface area (Å²) in [6.45, 7) is 3.61. The molecular weight excluding hydrogens is 478 g/mol. The maximum atomic E-state index is 12.6. The molecule has 0 unspecified atom stereocenters. The van der Waals surface area contributed by atoms with Gasteiger partial charge >= 0.3 is 25.0 Å². The number of carboxylic acid groups (broad SMARTS) is 1. The Bertz CT molecular complexity index is 916. The highest BCUT2D eigenvalue weighted by molar-refractivity contribution is 6.51. The van der Waals surface area contributed by atoms with E-state index in [4.69, 9.17) is 32.5 Å². The van der Waals surface area contributed by atoms with Crippen LogP contribution in [0.1, 0.15) is 33.1 Å². The number of carbonyl (C=O) groups excluding carboxylic acids is 3. The normalized spacial score (nSPS) is 18.6. The lowest BCUT2D eigenvalue weighted by Gasteiger charge is -2.24. The fourth-order valence-electron chi connectivity index (χ4n) is 3.32. The molecule has 0 radical (unpaired) electrons. The minimum atomic E-state index is -2.05. The van der Waals surface area contributed by atoms with Gasteiger partial charge < -0.3 is 29.8 Å². The molecule has 10 nitrogen and oxygen atoms in total. The number of anilines is 1. The van der Waals surface area contributed by atoms with Crippen LogP contribution in [0.25, 0.3) is 0 Å². The van der Waals surface area contributed by atoms with E-state index >= 15 is 0 Å². The lowest BCUT2D eigenvalue weighted by atomic mass is 9.74. The standard InChI is InChI=1S/C20H25BCl2N2O8/c1-11(2)6-15(25-16(26)10-24-14-7-12(22)4-5-13(14)23)21-32-19(30)20(33-21,8-17(27)28)9-18(29)31-3/h4-5,7,11,15,24H,6,8-10H2,1-3H3,(H,25,26)(H,27,28)/t15-,20+/m0/s1. The highest BCUT2D eigenvalue weighted by atomic mass is 35.5. The molecule has 1 aliphatic heterocycles. The number of hydrogen-bond acceptors (Lipinski definition) is 8. The molecule has 180 valence electrons. The molecule has 0 aliphatic carbocycles. The van der Waals surface area contributed by atoms with Crippen LogP contribution in [-0.2, 0) is 33.2 Å². The third kappa shape index (κ3) is 7.51. The summed E-state index contributed by atoms with van der Waals surface area (Å²) < 4.78 is 15.5. The monoisotopic (exact) mass is 502 g/mol. The van der Waals surface area contributed by atoms with Crippen molar-refractivity contribution in [3.05, 3.63) is 28.2 Å². The van der Waals surface area contributed by atoms with Crippen molar-refractivity contribution in [3.63, 3.8) is 0 Å². The molecule has 0 spiro atoms. The third-order valence-corrected chi connectivity index (χ3v) is 5.36. The second kappa shape index (κ2) is 11.6. The molecular formula is C20H25BCl2N2O8. The Kier molecular flexibility index (Phi) is 9.39. The first-order valence-electron chi connectivity index (χ1n) is 10.1. The summed E-state index contributed by atoms with van der Waals surface area (Å²) in [6.07, 6.45) is -1.08. The number of halogens is 2. The van der Waals surface area contributed by atoms with E-state index in [2.05, 4.69) is 15.4 Å². The maximum Gasteiger partial charge on any atom is 0.552 e. The van der Waals surface area contributed by atoms with E-state index in [0.29, 0.717) is 22.2 Å². The molecule has 1 aromatic carbocycles. The molecule has 2 rings (SSSR count). The van der Waals surface area contributed by atoms with Crippen LogP contribution in [0.3, 0.4) is 0 Å². The van der Waals surface area contributed by atoms with E-state index in [1.807, 2.05) is 13.8 Å². The first-order chi connectivity index (χ1) is 15.5. The molecule has 1 heterocycles. The Balaban J connectivity index is 2.14. The van der Waals surface area contributed by atoms with Crippen LogP contribution in [-0.4, -0.2) is 61.2 Å². The van der Waals surface area contributed by atoms with Crippen LogP contribution in [0.2, 0.25) is 10.0 Å². The minimum absolute atomic E-state index is 0.0583. The molecule has 33 heavy (non-hydrogen) atoms. The Labute approximate surface area is 201 Å². The zero-order valence-electron chi connectivity index (χ0n) is 18.4. The molecule has 13 heteroatoms. The molecule has 1 amide bonds. The Morgan fingerprint density at radius 2 is 1.94 bits per heavy atom. The minimum Gasteiger partial charge on any atom is -0.506 e. The van der Waals surface area contributed by atoms with E-state index < -0.39 is 55.3 Å². The van der Waals surface area contributed by atoms with Crippen molar-refractivity contribution in [2.24, 2.45) is 5.92 Å². The summed E-state index contributed by atoms with van der Waals surface area (Å²) in [5, 5.41) is 15.7. The average molecular weight is 503 g/mol. The first-order valence-corrected chi connectivity index (χ1v) is 10.9. The van der Waals surface area contributed by atoms with E-state index in [1.165, 1.54) is 0 Å². The topological polar surface area (TPSA) is 140 Å². The number of methoxy groups -OCH3 is 1. The molecule has 2 atom stereocenters. The van der Waals surface area contributed by atoms with Crippen molar-refractivity contribution < 1.29 is 38.3 Å². The van der Waals surface area contributed by atoms with Crippen LogP contribution >= 0.6 is 23.2 Å². The molecule has 3 N–H and O–H groups in total. The fourth-order valence-corrected chi connectivity index (χ4v) is 3.68. The van der Waals surface area contributed by atoms with Gasteiger partial charge in [0.25, 0.3) is 0 Å². The predicted octanol–water partition coefficient (Wildman–Crippen LogP) is 2.31. The second-order valence-corrected chi connectivity index (χ2v) is 8.83. The zero-order chi connectivity index (χ0) is 24.8. The second-order valence-electron chi connectivity index (χ2n) is 7.99. The van der Waals surface area contributed by atoms with Gasteiger partial charge in [0.05, 0.1) is 43.1 Å². The number of amides is 1. The van der Waals surface area contributed by atoms with Crippen molar-refractivity contribution in [2.45, 2.75) is 44.7 Å². The number of aliphatic carboxylic acids is 1. The Hall–Kier alpha value is -2.50. The molecule has 0 aromatic heterocycles. The van der Waals surface area contributed by atoms with Gasteiger partial charge in [0.15, 0.2) is 5.60 Å². The summed E-state index contributed by atoms with van der Waals surface area (Å²) in [7, 11) is -0.183. The van der Waals surface area contributed by atoms with Crippen LogP contribution in [0, 0.1) is 5.92 Å². The van der Waals surface area contributed by atoms with Crippen molar-refractivity contribution in [1.82, 2.24) is 5.32 Å². The van der Waals surface area contributed by atoms with Gasteiger partial charge in [-0.05, 0) is 30.5 Å². The van der Waals surface area contributed by atoms with E-state index in [9.17, 15) is 24.3 Å². The number of esters is 1. The Morgan fingerprint density at radius 1 is 1.24 bits per heavy atom. The number of hydrogen-bond donors (Lipinski definition) is 3. The van der Waals surface area contributed by atoms with Crippen molar-refractivity contribution in [3.8, 4) is 0 Å². The van der Waals surface area contributed by atoms with Crippen molar-refractivity contribution >= 4 is 59.8 Å². The van der Waals surface area contributed by atoms with Gasteiger partial charge in [-0.1, -0.05) is 37.0 Å². The fraction of sp³-hybridized carbons (Fsp3) is 0.500. The SMILES string of the molecule is COC(=O)C[C@@]1(CC(=O)O)OB([C@H](CC(C)C)NC(=O)CNc2cc(Cl)ccc2Cl)OC1=O. The van der Waals surface area contributed by atoms with Gasteiger partial charge in [-0.15, -0.1) is 0 Å². The molecule has 1 aliphatic rings. The number of rotatable bonds is 11. The van der Waals surface area contributed by atoms with E-state index in [1.54, 1.807) is 18.2 Å². The molecule has 1 fully saturated rings. The highest BCUT2D eigenvalue weighted by Gasteiger charge is 2.58. The Morgan fingerprint density at radius 3 is 2.55 bits per heavy atom. The summed E-state index contributed by atoms with van der Waals surface area (Å²) in [5.41, 5.74) is -1.59. The lowest BCUT2D eigenvalue weighted by molar-refractivity contribution is -0.159. The highest BCUT2D eigenvalue weighted by Crippen LogP contribution is 2.33. The van der Waals surface area contributed by atoms with Gasteiger partial charge in [0.1, 0.15) is 0 Å². The van der Waals surface area contributed by atoms with Crippen molar-refractivity contribution in [2.75, 3.05) is 19.0 Å². The van der Waals surface area contributed by atoms with E-state index in [0.717, 1.165) is 7.11 Å². The zero-order valence-corrected chi connectivity index (χ0v) is 19.9. The van der Waals surface area contributed by atoms with Gasteiger partial charge in [0, 0.05) is 5.02 Å². The number of ether oxygens (including phenoxy) is 1. The number of benzene rings is 1. The van der Waals surface area contributed by atoms with Crippen LogP contribution in [0.15, 0.2) is 18.2 Å².